The van der Waals surface area contributed by atoms with E-state index < -0.39 is 0 Å². The lowest BCUT2D eigenvalue weighted by Crippen LogP contribution is -1.98. The third kappa shape index (κ3) is 1.86. The summed E-state index contributed by atoms with van der Waals surface area (Å²) in [6.45, 7) is 2.07. The fourth-order valence-electron chi connectivity index (χ4n) is 1.20. The molecule has 0 saturated carbocycles. The van der Waals surface area contributed by atoms with Crippen molar-refractivity contribution in [2.45, 2.75) is 13.3 Å². The van der Waals surface area contributed by atoms with Crippen molar-refractivity contribution in [3.05, 3.63) is 17.7 Å². The van der Waals surface area contributed by atoms with E-state index in [-0.39, 0.29) is 0 Å². The lowest BCUT2D eigenvalue weighted by atomic mass is 10.1. The smallest absolute Gasteiger partial charge is 0.145 e. The number of nitrogen functional groups attached to an aromatic ring is 1. The molecule has 0 aliphatic rings. The molecule has 0 fully saturated rings. The average Bonchev–Trinajstić information content (AvgIpc) is 2.18. The molecule has 0 spiro atoms. The first-order chi connectivity index (χ1) is 6.22. The Morgan fingerprint density at radius 1 is 1.15 bits per heavy atom. The summed E-state index contributed by atoms with van der Waals surface area (Å²) in [7, 11) is 3.20. The van der Waals surface area contributed by atoms with Crippen molar-refractivity contribution in [3.8, 4) is 11.5 Å². The van der Waals surface area contributed by atoms with Gasteiger partial charge in [-0.1, -0.05) is 6.92 Å². The number of methoxy groups -OCH3 is 2. The van der Waals surface area contributed by atoms with Crippen molar-refractivity contribution in [1.29, 1.82) is 0 Å². The number of hydrogen-bond acceptors (Lipinski definition) is 3. The fraction of sp³-hybridized carbons (Fsp3) is 0.400. The third-order valence-corrected chi connectivity index (χ3v) is 2.01. The topological polar surface area (TPSA) is 44.5 Å². The van der Waals surface area contributed by atoms with Gasteiger partial charge in [0.05, 0.1) is 14.2 Å². The van der Waals surface area contributed by atoms with Crippen LogP contribution in [0.2, 0.25) is 0 Å². The first-order valence-electron chi connectivity index (χ1n) is 4.23. The number of hydrogen-bond donors (Lipinski definition) is 1. The van der Waals surface area contributed by atoms with Crippen LogP contribution in [-0.4, -0.2) is 14.2 Å². The van der Waals surface area contributed by atoms with Gasteiger partial charge in [0.2, 0.25) is 0 Å². The highest BCUT2D eigenvalue weighted by Crippen LogP contribution is 2.32. The zero-order valence-electron chi connectivity index (χ0n) is 8.26. The largest absolute Gasteiger partial charge is 0.494 e. The Kier molecular flexibility index (Phi) is 3.01. The summed E-state index contributed by atoms with van der Waals surface area (Å²) in [5, 5.41) is 0. The standard InChI is InChI=1S/C10H15NO2/c1-4-7-5-8(12-2)10(11)9(6-7)13-3/h5-6H,4,11H2,1-3H3. The molecule has 2 N–H and O–H groups in total. The Hall–Kier alpha value is -1.38. The van der Waals surface area contributed by atoms with E-state index >= 15 is 0 Å². The molecule has 72 valence electrons. The van der Waals surface area contributed by atoms with Gasteiger partial charge in [0.1, 0.15) is 17.2 Å². The number of rotatable bonds is 3. The van der Waals surface area contributed by atoms with Gasteiger partial charge in [-0.05, 0) is 24.1 Å². The van der Waals surface area contributed by atoms with E-state index in [1.54, 1.807) is 14.2 Å². The zero-order chi connectivity index (χ0) is 9.84. The van der Waals surface area contributed by atoms with Gasteiger partial charge in [0.25, 0.3) is 0 Å². The number of benzene rings is 1. The van der Waals surface area contributed by atoms with E-state index in [2.05, 4.69) is 6.92 Å². The van der Waals surface area contributed by atoms with E-state index in [9.17, 15) is 0 Å². The van der Waals surface area contributed by atoms with E-state index in [1.807, 2.05) is 12.1 Å². The van der Waals surface area contributed by atoms with Gasteiger partial charge in [-0.15, -0.1) is 0 Å². The molecule has 0 bridgehead atoms. The van der Waals surface area contributed by atoms with Gasteiger partial charge >= 0.3 is 0 Å². The lowest BCUT2D eigenvalue weighted by Gasteiger charge is -2.11. The van der Waals surface area contributed by atoms with E-state index in [0.717, 1.165) is 12.0 Å². The van der Waals surface area contributed by atoms with Crippen LogP contribution in [0.5, 0.6) is 11.5 Å². The Labute approximate surface area is 78.5 Å². The van der Waals surface area contributed by atoms with Gasteiger partial charge in [-0.2, -0.15) is 0 Å². The molecule has 0 aromatic heterocycles. The summed E-state index contributed by atoms with van der Waals surface area (Å²) in [5.74, 6) is 1.35. The number of ether oxygens (including phenoxy) is 2. The summed E-state index contributed by atoms with van der Waals surface area (Å²) in [6, 6.07) is 3.86. The molecule has 0 atom stereocenters. The van der Waals surface area contributed by atoms with Gasteiger partial charge in [-0.3, -0.25) is 0 Å². The predicted molar refractivity (Wildman–Crippen MR) is 53.3 cm³/mol. The second kappa shape index (κ2) is 4.03. The van der Waals surface area contributed by atoms with Crippen LogP contribution in [0.25, 0.3) is 0 Å². The number of anilines is 1. The maximum Gasteiger partial charge on any atom is 0.145 e. The summed E-state index contributed by atoms with van der Waals surface area (Å²) in [6.07, 6.45) is 0.938. The predicted octanol–water partition coefficient (Wildman–Crippen LogP) is 1.85. The highest BCUT2D eigenvalue weighted by molar-refractivity contribution is 5.64. The van der Waals surface area contributed by atoms with Gasteiger partial charge in [0.15, 0.2) is 0 Å². The quantitative estimate of drug-likeness (QED) is 0.724. The molecule has 13 heavy (non-hydrogen) atoms. The van der Waals surface area contributed by atoms with Crippen LogP contribution in [0.4, 0.5) is 5.69 Å². The van der Waals surface area contributed by atoms with Crippen molar-refractivity contribution in [2.24, 2.45) is 0 Å². The van der Waals surface area contributed by atoms with Crippen LogP contribution < -0.4 is 15.2 Å². The van der Waals surface area contributed by atoms with E-state index in [1.165, 1.54) is 0 Å². The van der Waals surface area contributed by atoms with Crippen LogP contribution >= 0.6 is 0 Å². The maximum absolute atomic E-state index is 5.78. The molecule has 1 aromatic carbocycles. The molecule has 0 radical (unpaired) electrons. The van der Waals surface area contributed by atoms with Gasteiger partial charge in [-0.25, -0.2) is 0 Å². The zero-order valence-corrected chi connectivity index (χ0v) is 8.26. The molecule has 0 amide bonds. The molecule has 3 heteroatoms. The summed E-state index contributed by atoms with van der Waals surface area (Å²) < 4.78 is 10.2. The molecule has 1 rings (SSSR count). The summed E-state index contributed by atoms with van der Waals surface area (Å²) in [5.41, 5.74) is 7.49. The lowest BCUT2D eigenvalue weighted by molar-refractivity contribution is 0.397. The molecule has 0 aliphatic carbocycles. The van der Waals surface area contributed by atoms with Crippen molar-refractivity contribution >= 4 is 5.69 Å². The van der Waals surface area contributed by atoms with Crippen molar-refractivity contribution in [3.63, 3.8) is 0 Å². The highest BCUT2D eigenvalue weighted by atomic mass is 16.5. The number of aryl methyl sites for hydroxylation is 1. The Morgan fingerprint density at radius 2 is 1.62 bits per heavy atom. The minimum absolute atomic E-state index is 0.558. The van der Waals surface area contributed by atoms with Crippen LogP contribution in [-0.2, 0) is 6.42 Å². The molecule has 0 saturated heterocycles. The monoisotopic (exact) mass is 181 g/mol. The maximum atomic E-state index is 5.78. The van der Waals surface area contributed by atoms with Crippen molar-refractivity contribution < 1.29 is 9.47 Å². The van der Waals surface area contributed by atoms with E-state index in [4.69, 9.17) is 15.2 Å². The van der Waals surface area contributed by atoms with Crippen LogP contribution in [0.3, 0.4) is 0 Å². The number of nitrogens with two attached hydrogens (primary N) is 1. The molecular formula is C10H15NO2. The van der Waals surface area contributed by atoms with Gasteiger partial charge in [0, 0.05) is 0 Å². The summed E-state index contributed by atoms with van der Waals surface area (Å²) >= 11 is 0. The molecular weight excluding hydrogens is 166 g/mol. The Morgan fingerprint density at radius 3 is 1.92 bits per heavy atom. The Bertz CT molecular complexity index is 272. The highest BCUT2D eigenvalue weighted by Gasteiger charge is 2.07. The molecule has 0 aliphatic heterocycles. The van der Waals surface area contributed by atoms with Crippen LogP contribution in [0.1, 0.15) is 12.5 Å². The molecule has 0 heterocycles. The first-order valence-corrected chi connectivity index (χ1v) is 4.23. The van der Waals surface area contributed by atoms with Crippen LogP contribution in [0, 0.1) is 0 Å². The molecule has 0 unspecified atom stereocenters. The minimum atomic E-state index is 0.558. The van der Waals surface area contributed by atoms with Gasteiger partial charge < -0.3 is 15.2 Å². The van der Waals surface area contributed by atoms with E-state index in [0.29, 0.717) is 17.2 Å². The summed E-state index contributed by atoms with van der Waals surface area (Å²) in [4.78, 5) is 0. The second-order valence-corrected chi connectivity index (χ2v) is 2.77. The van der Waals surface area contributed by atoms with Crippen molar-refractivity contribution in [1.82, 2.24) is 0 Å². The van der Waals surface area contributed by atoms with Crippen molar-refractivity contribution in [2.75, 3.05) is 20.0 Å². The normalized spacial score (nSPS) is 9.77. The Balaban J connectivity index is 3.20. The average molecular weight is 181 g/mol. The minimum Gasteiger partial charge on any atom is -0.494 e. The van der Waals surface area contributed by atoms with Crippen LogP contribution in [0.15, 0.2) is 12.1 Å². The third-order valence-electron chi connectivity index (χ3n) is 2.01. The second-order valence-electron chi connectivity index (χ2n) is 2.77. The SMILES string of the molecule is CCc1cc(OC)c(N)c(OC)c1. The molecule has 3 nitrogen and oxygen atoms in total. The molecule has 1 aromatic rings. The first kappa shape index (κ1) is 9.71. The fourth-order valence-corrected chi connectivity index (χ4v) is 1.20.